The molecule has 0 aliphatic heterocycles. The highest BCUT2D eigenvalue weighted by Gasteiger charge is 2.22. The van der Waals surface area contributed by atoms with Gasteiger partial charge in [-0.25, -0.2) is 9.78 Å². The van der Waals surface area contributed by atoms with Gasteiger partial charge in [0.05, 0.1) is 0 Å². The number of carbonyl (C=O) groups is 1. The number of thiazole rings is 1. The monoisotopic (exact) mass is 303 g/mol. The van der Waals surface area contributed by atoms with Crippen LogP contribution < -0.4 is 5.73 Å². The molecule has 2 rings (SSSR count). The SMILES string of the molecule is Nc1nc(/C(=N/OC2CCC(Cl)CC2)C(=O)O)cs1. The number of nitrogens with two attached hydrogens (primary N) is 1. The first-order valence-corrected chi connectivity index (χ1v) is 7.20. The predicted molar refractivity (Wildman–Crippen MR) is 73.7 cm³/mol. The third kappa shape index (κ3) is 3.81. The standard InChI is InChI=1S/C11H14ClN3O3S/c12-6-1-3-7(4-2-6)18-15-9(10(16)17)8-5-19-11(13)14-8/h5-7H,1-4H2,(H2,13,14)(H,16,17)/b15-9-. The number of anilines is 1. The third-order valence-electron chi connectivity index (χ3n) is 2.86. The first kappa shape index (κ1) is 14.1. The molecule has 0 saturated heterocycles. The van der Waals surface area contributed by atoms with Gasteiger partial charge >= 0.3 is 5.97 Å². The van der Waals surface area contributed by atoms with E-state index in [-0.39, 0.29) is 22.9 Å². The van der Waals surface area contributed by atoms with E-state index in [0.717, 1.165) is 37.0 Å². The largest absolute Gasteiger partial charge is 0.476 e. The highest BCUT2D eigenvalue weighted by molar-refractivity contribution is 7.13. The van der Waals surface area contributed by atoms with Crippen molar-refractivity contribution in [2.24, 2.45) is 5.16 Å². The van der Waals surface area contributed by atoms with Crippen molar-refractivity contribution in [3.05, 3.63) is 11.1 Å². The zero-order chi connectivity index (χ0) is 13.8. The molecule has 8 heteroatoms. The molecule has 1 aliphatic carbocycles. The first-order valence-electron chi connectivity index (χ1n) is 5.89. The maximum Gasteiger partial charge on any atom is 0.360 e. The fraction of sp³-hybridized carbons (Fsp3) is 0.545. The number of aromatic nitrogens is 1. The second-order valence-electron chi connectivity index (χ2n) is 4.30. The number of halogens is 1. The Morgan fingerprint density at radius 3 is 2.74 bits per heavy atom. The number of hydrogen-bond acceptors (Lipinski definition) is 6. The van der Waals surface area contributed by atoms with Crippen LogP contribution in [0.15, 0.2) is 10.5 Å². The van der Waals surface area contributed by atoms with Gasteiger partial charge < -0.3 is 15.7 Å². The Morgan fingerprint density at radius 2 is 2.21 bits per heavy atom. The van der Waals surface area contributed by atoms with Crippen molar-refractivity contribution in [1.29, 1.82) is 0 Å². The molecule has 19 heavy (non-hydrogen) atoms. The average Bonchev–Trinajstić information content (AvgIpc) is 2.78. The minimum atomic E-state index is -1.18. The van der Waals surface area contributed by atoms with Crippen molar-refractivity contribution in [1.82, 2.24) is 4.98 Å². The zero-order valence-electron chi connectivity index (χ0n) is 10.1. The van der Waals surface area contributed by atoms with Crippen molar-refractivity contribution in [2.45, 2.75) is 37.2 Å². The molecule has 0 spiro atoms. The third-order valence-corrected chi connectivity index (χ3v) is 3.97. The Bertz CT molecular complexity index is 483. The van der Waals surface area contributed by atoms with Gasteiger partial charge in [0.1, 0.15) is 11.8 Å². The number of hydrogen-bond donors (Lipinski definition) is 2. The minimum absolute atomic E-state index is 0.0830. The van der Waals surface area contributed by atoms with Crippen LogP contribution in [0.4, 0.5) is 5.13 Å². The second kappa shape index (κ2) is 6.21. The number of nitrogens with zero attached hydrogens (tertiary/aromatic N) is 2. The molecule has 1 aromatic rings. The molecule has 1 heterocycles. The second-order valence-corrected chi connectivity index (χ2v) is 5.80. The van der Waals surface area contributed by atoms with E-state index < -0.39 is 5.97 Å². The summed E-state index contributed by atoms with van der Waals surface area (Å²) in [6, 6.07) is 0. The van der Waals surface area contributed by atoms with Gasteiger partial charge in [-0.2, -0.15) is 0 Å². The molecule has 0 bridgehead atoms. The van der Waals surface area contributed by atoms with Crippen molar-refractivity contribution < 1.29 is 14.7 Å². The maximum atomic E-state index is 11.1. The van der Waals surface area contributed by atoms with Gasteiger partial charge in [0.15, 0.2) is 5.13 Å². The summed E-state index contributed by atoms with van der Waals surface area (Å²) < 4.78 is 0. The van der Waals surface area contributed by atoms with Crippen LogP contribution >= 0.6 is 22.9 Å². The van der Waals surface area contributed by atoms with E-state index in [9.17, 15) is 4.79 Å². The summed E-state index contributed by atoms with van der Waals surface area (Å²) in [4.78, 5) is 20.3. The summed E-state index contributed by atoms with van der Waals surface area (Å²) in [5.41, 5.74) is 5.48. The van der Waals surface area contributed by atoms with Gasteiger partial charge in [-0.3, -0.25) is 0 Å². The summed E-state index contributed by atoms with van der Waals surface area (Å²) in [5, 5.41) is 14.8. The van der Waals surface area contributed by atoms with E-state index in [1.165, 1.54) is 0 Å². The lowest BCUT2D eigenvalue weighted by Gasteiger charge is -2.22. The summed E-state index contributed by atoms with van der Waals surface area (Å²) in [6.07, 6.45) is 3.19. The predicted octanol–water partition coefficient (Wildman–Crippen LogP) is 2.08. The van der Waals surface area contributed by atoms with Gasteiger partial charge in [0.25, 0.3) is 0 Å². The molecule has 0 atom stereocenters. The quantitative estimate of drug-likeness (QED) is 0.504. The summed E-state index contributed by atoms with van der Waals surface area (Å²) >= 11 is 7.15. The molecular formula is C11H14ClN3O3S. The zero-order valence-corrected chi connectivity index (χ0v) is 11.7. The molecule has 6 nitrogen and oxygen atoms in total. The summed E-state index contributed by atoms with van der Waals surface area (Å²) in [5.74, 6) is -1.18. The molecule has 1 aromatic heterocycles. The molecule has 0 aromatic carbocycles. The molecule has 1 fully saturated rings. The molecule has 0 radical (unpaired) electrons. The Hall–Kier alpha value is -1.34. The number of alkyl halides is 1. The minimum Gasteiger partial charge on any atom is -0.476 e. The molecule has 104 valence electrons. The number of nitrogen functional groups attached to an aromatic ring is 1. The summed E-state index contributed by atoms with van der Waals surface area (Å²) in [7, 11) is 0. The molecular weight excluding hydrogens is 290 g/mol. The Morgan fingerprint density at radius 1 is 1.53 bits per heavy atom. The van der Waals surface area contributed by atoms with Crippen LogP contribution in [0.3, 0.4) is 0 Å². The van der Waals surface area contributed by atoms with Crippen LogP contribution in [0.25, 0.3) is 0 Å². The highest BCUT2D eigenvalue weighted by Crippen LogP contribution is 2.25. The van der Waals surface area contributed by atoms with E-state index in [0.29, 0.717) is 5.13 Å². The van der Waals surface area contributed by atoms with E-state index in [1.54, 1.807) is 5.38 Å². The van der Waals surface area contributed by atoms with Crippen molar-refractivity contribution in [3.8, 4) is 0 Å². The molecule has 1 aliphatic rings. The van der Waals surface area contributed by atoms with Crippen LogP contribution in [0, 0.1) is 0 Å². The summed E-state index contributed by atoms with van der Waals surface area (Å²) in [6.45, 7) is 0. The van der Waals surface area contributed by atoms with Crippen LogP contribution in [0.2, 0.25) is 0 Å². The van der Waals surface area contributed by atoms with Gasteiger partial charge in [0, 0.05) is 10.8 Å². The fourth-order valence-electron chi connectivity index (χ4n) is 1.85. The lowest BCUT2D eigenvalue weighted by molar-refractivity contribution is -0.129. The number of carboxylic acid groups (broad SMARTS) is 1. The number of rotatable bonds is 4. The van der Waals surface area contributed by atoms with Crippen LogP contribution in [0.5, 0.6) is 0 Å². The van der Waals surface area contributed by atoms with Gasteiger partial charge in [-0.15, -0.1) is 22.9 Å². The number of aliphatic carboxylic acids is 1. The molecule has 1 saturated carbocycles. The van der Waals surface area contributed by atoms with Crippen LogP contribution in [-0.4, -0.2) is 33.3 Å². The van der Waals surface area contributed by atoms with Crippen molar-refractivity contribution in [3.63, 3.8) is 0 Å². The number of carboxylic acids is 1. The molecule has 0 amide bonds. The topological polar surface area (TPSA) is 97.8 Å². The highest BCUT2D eigenvalue weighted by atomic mass is 35.5. The van der Waals surface area contributed by atoms with Crippen molar-refractivity contribution in [2.75, 3.05) is 5.73 Å². The van der Waals surface area contributed by atoms with E-state index in [2.05, 4.69) is 10.1 Å². The van der Waals surface area contributed by atoms with Crippen LogP contribution in [0.1, 0.15) is 31.4 Å². The van der Waals surface area contributed by atoms with Gasteiger partial charge in [-0.1, -0.05) is 5.16 Å². The van der Waals surface area contributed by atoms with Gasteiger partial charge in [-0.05, 0) is 25.7 Å². The lowest BCUT2D eigenvalue weighted by Crippen LogP contribution is -2.22. The first-order chi connectivity index (χ1) is 9.06. The van der Waals surface area contributed by atoms with Crippen molar-refractivity contribution >= 4 is 39.8 Å². The van der Waals surface area contributed by atoms with E-state index >= 15 is 0 Å². The Labute approximate surface area is 119 Å². The molecule has 3 N–H and O–H groups in total. The maximum absolute atomic E-state index is 11.1. The normalized spacial score (nSPS) is 24.2. The number of oxime groups is 1. The Balaban J connectivity index is 2.03. The van der Waals surface area contributed by atoms with E-state index in [4.69, 9.17) is 27.3 Å². The van der Waals surface area contributed by atoms with Gasteiger partial charge in [0.2, 0.25) is 5.71 Å². The smallest absolute Gasteiger partial charge is 0.360 e. The lowest BCUT2D eigenvalue weighted by atomic mass is 9.97. The molecule has 0 unspecified atom stereocenters. The average molecular weight is 304 g/mol. The Kier molecular flexibility index (Phi) is 4.60. The van der Waals surface area contributed by atoms with Crippen LogP contribution in [-0.2, 0) is 9.63 Å². The van der Waals surface area contributed by atoms with E-state index in [1.807, 2.05) is 0 Å². The fourth-order valence-corrected chi connectivity index (χ4v) is 2.65.